The van der Waals surface area contributed by atoms with Crippen molar-refractivity contribution in [1.29, 1.82) is 0 Å². The molecule has 2 aromatic rings. The fourth-order valence-corrected chi connectivity index (χ4v) is 3.87. The minimum absolute atomic E-state index is 0.106. The van der Waals surface area contributed by atoms with Gasteiger partial charge in [-0.2, -0.15) is 5.10 Å². The van der Waals surface area contributed by atoms with Gasteiger partial charge in [0, 0.05) is 17.8 Å². The highest BCUT2D eigenvalue weighted by atomic mass is 16.5. The molecule has 3 heterocycles. The number of hydrogen-bond donors (Lipinski definition) is 2. The molecule has 4 rings (SSSR count). The van der Waals surface area contributed by atoms with Gasteiger partial charge in [-0.15, -0.1) is 0 Å². The SMILES string of the molecule is COc1ccccc1[C@@H]1NC(=O)NC(C)=C1C(=O)N1CCn2nc(C)cc2C1. The van der Waals surface area contributed by atoms with Crippen LogP contribution in [0.25, 0.3) is 0 Å². The molecule has 0 radical (unpaired) electrons. The zero-order valence-corrected chi connectivity index (χ0v) is 16.2. The lowest BCUT2D eigenvalue weighted by Crippen LogP contribution is -2.49. The molecule has 3 amide bonds. The van der Waals surface area contributed by atoms with Crippen LogP contribution < -0.4 is 15.4 Å². The molecule has 28 heavy (non-hydrogen) atoms. The summed E-state index contributed by atoms with van der Waals surface area (Å²) in [6, 6.07) is 8.50. The molecule has 0 saturated carbocycles. The Balaban J connectivity index is 1.70. The molecule has 0 aliphatic carbocycles. The molecule has 0 spiro atoms. The number of para-hydroxylation sites is 1. The molecule has 2 N–H and O–H groups in total. The van der Waals surface area contributed by atoms with E-state index >= 15 is 0 Å². The fraction of sp³-hybridized carbons (Fsp3) is 0.350. The Morgan fingerprint density at radius 3 is 2.82 bits per heavy atom. The van der Waals surface area contributed by atoms with Crippen LogP contribution in [0.15, 0.2) is 41.6 Å². The number of carbonyl (C=O) groups is 2. The number of benzene rings is 1. The van der Waals surface area contributed by atoms with E-state index in [4.69, 9.17) is 4.74 Å². The highest BCUT2D eigenvalue weighted by Gasteiger charge is 2.36. The molecule has 146 valence electrons. The maximum Gasteiger partial charge on any atom is 0.319 e. The molecule has 0 unspecified atom stereocenters. The van der Waals surface area contributed by atoms with Gasteiger partial charge >= 0.3 is 6.03 Å². The molecule has 1 aromatic heterocycles. The molecule has 0 bridgehead atoms. The van der Waals surface area contributed by atoms with Crippen LogP contribution >= 0.6 is 0 Å². The van der Waals surface area contributed by atoms with E-state index in [9.17, 15) is 9.59 Å². The number of hydrogen-bond acceptors (Lipinski definition) is 4. The molecular formula is C20H23N5O3. The maximum atomic E-state index is 13.5. The van der Waals surface area contributed by atoms with Gasteiger partial charge in [-0.25, -0.2) is 4.79 Å². The Morgan fingerprint density at radius 2 is 2.04 bits per heavy atom. The van der Waals surface area contributed by atoms with Gasteiger partial charge in [-0.05, 0) is 26.0 Å². The second kappa shape index (κ2) is 7.03. The average Bonchev–Trinajstić information content (AvgIpc) is 3.06. The van der Waals surface area contributed by atoms with Crippen LogP contribution in [-0.2, 0) is 17.9 Å². The second-order valence-corrected chi connectivity index (χ2v) is 7.04. The lowest BCUT2D eigenvalue weighted by atomic mass is 9.93. The predicted octanol–water partition coefficient (Wildman–Crippen LogP) is 1.87. The number of aromatic nitrogens is 2. The van der Waals surface area contributed by atoms with Crippen LogP contribution in [0.5, 0.6) is 5.75 Å². The van der Waals surface area contributed by atoms with Crippen LogP contribution in [0.2, 0.25) is 0 Å². The van der Waals surface area contributed by atoms with Crippen molar-refractivity contribution < 1.29 is 14.3 Å². The summed E-state index contributed by atoms with van der Waals surface area (Å²) >= 11 is 0. The van der Waals surface area contributed by atoms with Crippen LogP contribution in [0.4, 0.5) is 4.79 Å². The van der Waals surface area contributed by atoms with Crippen molar-refractivity contribution in [2.75, 3.05) is 13.7 Å². The van der Waals surface area contributed by atoms with Crippen molar-refractivity contribution >= 4 is 11.9 Å². The molecule has 8 heteroatoms. The summed E-state index contributed by atoms with van der Waals surface area (Å²) in [6.45, 7) is 5.41. The summed E-state index contributed by atoms with van der Waals surface area (Å²) in [6.07, 6.45) is 0. The van der Waals surface area contributed by atoms with E-state index in [1.165, 1.54) is 0 Å². The number of amides is 3. The summed E-state index contributed by atoms with van der Waals surface area (Å²) in [7, 11) is 1.58. The third-order valence-corrected chi connectivity index (χ3v) is 5.16. The second-order valence-electron chi connectivity index (χ2n) is 7.04. The zero-order valence-electron chi connectivity index (χ0n) is 16.2. The Hall–Kier alpha value is -3.29. The van der Waals surface area contributed by atoms with Crippen molar-refractivity contribution in [3.8, 4) is 5.75 Å². The molecule has 1 aromatic carbocycles. The van der Waals surface area contributed by atoms with E-state index in [-0.39, 0.29) is 11.9 Å². The van der Waals surface area contributed by atoms with Crippen LogP contribution in [0.1, 0.15) is 29.9 Å². The van der Waals surface area contributed by atoms with Crippen LogP contribution in [0, 0.1) is 6.92 Å². The Morgan fingerprint density at radius 1 is 1.25 bits per heavy atom. The number of rotatable bonds is 3. The van der Waals surface area contributed by atoms with Gasteiger partial charge in [0.1, 0.15) is 5.75 Å². The normalized spacial score (nSPS) is 19.0. The first-order valence-corrected chi connectivity index (χ1v) is 9.21. The monoisotopic (exact) mass is 381 g/mol. The molecule has 0 fully saturated rings. The topological polar surface area (TPSA) is 88.5 Å². The van der Waals surface area contributed by atoms with Gasteiger partial charge in [0.2, 0.25) is 0 Å². The Bertz CT molecular complexity index is 978. The van der Waals surface area contributed by atoms with Crippen LogP contribution in [0.3, 0.4) is 0 Å². The minimum Gasteiger partial charge on any atom is -0.496 e. The van der Waals surface area contributed by atoms with Crippen molar-refractivity contribution in [3.05, 3.63) is 58.6 Å². The van der Waals surface area contributed by atoms with Gasteiger partial charge in [-0.3, -0.25) is 9.48 Å². The van der Waals surface area contributed by atoms with Crippen molar-refractivity contribution in [2.24, 2.45) is 0 Å². The van der Waals surface area contributed by atoms with E-state index in [0.29, 0.717) is 36.7 Å². The van der Waals surface area contributed by atoms with E-state index in [2.05, 4.69) is 15.7 Å². The average molecular weight is 381 g/mol. The number of aryl methyl sites for hydroxylation is 1. The molecule has 8 nitrogen and oxygen atoms in total. The third-order valence-electron chi connectivity index (χ3n) is 5.16. The van der Waals surface area contributed by atoms with Crippen LogP contribution in [-0.4, -0.2) is 40.3 Å². The van der Waals surface area contributed by atoms with E-state index in [1.807, 2.05) is 41.9 Å². The number of urea groups is 1. The Labute approximate surface area is 163 Å². The van der Waals surface area contributed by atoms with E-state index < -0.39 is 6.04 Å². The van der Waals surface area contributed by atoms with Gasteiger partial charge in [-0.1, -0.05) is 18.2 Å². The standard InChI is InChI=1S/C20H23N5O3/c1-12-10-14-11-24(8-9-25(14)23-12)19(26)17-13(2)21-20(27)22-18(17)15-6-4-5-7-16(15)28-3/h4-7,10,18H,8-9,11H2,1-3H3,(H2,21,22,27)/t18-/m0/s1. The number of allylic oxidation sites excluding steroid dienone is 1. The number of fused-ring (bicyclic) bond motifs is 1. The van der Waals surface area contributed by atoms with Gasteiger partial charge in [0.25, 0.3) is 5.91 Å². The first-order chi connectivity index (χ1) is 13.5. The quantitative estimate of drug-likeness (QED) is 0.850. The van der Waals surface area contributed by atoms with Gasteiger partial charge in [0.15, 0.2) is 0 Å². The number of carbonyl (C=O) groups excluding carboxylic acids is 2. The van der Waals surface area contributed by atoms with Gasteiger partial charge in [0.05, 0.1) is 43.2 Å². The summed E-state index contributed by atoms with van der Waals surface area (Å²) in [5, 5.41) is 10.1. The fourth-order valence-electron chi connectivity index (χ4n) is 3.87. The highest BCUT2D eigenvalue weighted by molar-refractivity contribution is 5.98. The molecule has 0 saturated heterocycles. The third kappa shape index (κ3) is 3.11. The van der Waals surface area contributed by atoms with E-state index in [1.54, 1.807) is 18.9 Å². The minimum atomic E-state index is -0.578. The summed E-state index contributed by atoms with van der Waals surface area (Å²) in [5.74, 6) is 0.520. The molecule has 1 atom stereocenters. The number of methoxy groups -OCH3 is 1. The summed E-state index contributed by atoms with van der Waals surface area (Å²) < 4.78 is 7.40. The first-order valence-electron chi connectivity index (χ1n) is 9.21. The van der Waals surface area contributed by atoms with E-state index in [0.717, 1.165) is 17.0 Å². The van der Waals surface area contributed by atoms with Crippen molar-refractivity contribution in [1.82, 2.24) is 25.3 Å². The zero-order chi connectivity index (χ0) is 19.8. The first kappa shape index (κ1) is 18.1. The van der Waals surface area contributed by atoms with Crippen molar-refractivity contribution in [2.45, 2.75) is 33.0 Å². The largest absolute Gasteiger partial charge is 0.496 e. The predicted molar refractivity (Wildman–Crippen MR) is 102 cm³/mol. The highest BCUT2D eigenvalue weighted by Crippen LogP contribution is 2.34. The lowest BCUT2D eigenvalue weighted by Gasteiger charge is -2.34. The maximum absolute atomic E-state index is 13.5. The Kier molecular flexibility index (Phi) is 4.54. The van der Waals surface area contributed by atoms with Gasteiger partial charge < -0.3 is 20.3 Å². The summed E-state index contributed by atoms with van der Waals surface area (Å²) in [4.78, 5) is 27.4. The molecule has 2 aliphatic heterocycles. The smallest absolute Gasteiger partial charge is 0.319 e. The number of ether oxygens (including phenoxy) is 1. The molecule has 2 aliphatic rings. The molecular weight excluding hydrogens is 358 g/mol. The summed E-state index contributed by atoms with van der Waals surface area (Å²) in [5.41, 5.74) is 3.78. The number of nitrogens with one attached hydrogen (secondary N) is 2. The lowest BCUT2D eigenvalue weighted by molar-refractivity contribution is -0.129. The number of nitrogens with zero attached hydrogens (tertiary/aromatic N) is 3. The van der Waals surface area contributed by atoms with Crippen molar-refractivity contribution in [3.63, 3.8) is 0 Å².